The Balaban J connectivity index is 0.713. The van der Waals surface area contributed by atoms with E-state index in [0.717, 1.165) is 113 Å². The zero-order valence-electron chi connectivity index (χ0n) is 38.6. The van der Waals surface area contributed by atoms with Crippen molar-refractivity contribution in [3.05, 3.63) is 97.6 Å². The van der Waals surface area contributed by atoms with Gasteiger partial charge in [0.05, 0.1) is 22.1 Å². The van der Waals surface area contributed by atoms with E-state index in [1.807, 2.05) is 12.1 Å². The van der Waals surface area contributed by atoms with Crippen LogP contribution >= 0.6 is 23.2 Å². The summed E-state index contributed by atoms with van der Waals surface area (Å²) in [5.41, 5.74) is 2.11. The summed E-state index contributed by atoms with van der Waals surface area (Å²) in [4.78, 5) is 72.7. The number of rotatable bonds is 7. The third kappa shape index (κ3) is 7.54. The molecule has 0 bridgehead atoms. The molecule has 16 heteroatoms. The molecule has 4 aromatic rings. The first-order valence-electron chi connectivity index (χ1n) is 25.0. The van der Waals surface area contributed by atoms with Crippen LogP contribution in [0.25, 0.3) is 11.0 Å². The molecule has 1 aromatic heterocycles. The molecule has 4 amide bonds. The van der Waals surface area contributed by atoms with Crippen LogP contribution in [-0.2, 0) is 31.6 Å². The van der Waals surface area contributed by atoms with Crippen molar-refractivity contribution in [3.63, 3.8) is 0 Å². The molecule has 0 radical (unpaired) electrons. The molecule has 4 saturated heterocycles. The summed E-state index contributed by atoms with van der Waals surface area (Å²) in [5, 5.41) is 13.1. The summed E-state index contributed by atoms with van der Waals surface area (Å²) in [6.45, 7) is 3.86. The Labute approximate surface area is 405 Å². The van der Waals surface area contributed by atoms with Crippen LogP contribution in [0.2, 0.25) is 10.0 Å². The number of nitrogens with zero attached hydrogens (tertiary/aromatic N) is 4. The lowest BCUT2D eigenvalue weighted by molar-refractivity contribution is -0.136. The van der Waals surface area contributed by atoms with Crippen molar-refractivity contribution in [3.8, 4) is 0 Å². The van der Waals surface area contributed by atoms with E-state index in [4.69, 9.17) is 23.2 Å². The molecular formula is C52H61Cl2FN8O5. The topological polar surface area (TPSA) is 150 Å². The first kappa shape index (κ1) is 45.8. The van der Waals surface area contributed by atoms with E-state index in [9.17, 15) is 24.0 Å². The summed E-state index contributed by atoms with van der Waals surface area (Å²) in [5.74, 6) is -2.21. The number of nitrogens with one attached hydrogen (secondary N) is 4. The number of fused-ring (bicyclic) bond motifs is 4. The van der Waals surface area contributed by atoms with Gasteiger partial charge in [-0.25, -0.2) is 9.18 Å². The lowest BCUT2D eigenvalue weighted by Crippen LogP contribution is -2.60. The molecule has 6 heterocycles. The number of aryl methyl sites for hydroxylation is 1. The molecule has 3 aromatic carbocycles. The van der Waals surface area contributed by atoms with E-state index in [-0.39, 0.29) is 46.5 Å². The fraction of sp³-hybridized carbons (Fsp3) is 0.558. The zero-order valence-corrected chi connectivity index (χ0v) is 40.1. The van der Waals surface area contributed by atoms with Gasteiger partial charge >= 0.3 is 5.69 Å². The minimum Gasteiger partial charge on any atom is -0.352 e. The number of likely N-dealkylation sites (tertiary alicyclic amines) is 2. The van der Waals surface area contributed by atoms with Gasteiger partial charge in [0.15, 0.2) is 0 Å². The van der Waals surface area contributed by atoms with E-state index in [0.29, 0.717) is 48.0 Å². The first-order valence-corrected chi connectivity index (χ1v) is 25.8. The summed E-state index contributed by atoms with van der Waals surface area (Å²) >= 11 is 12.9. The monoisotopic (exact) mass is 966 g/mol. The molecule has 360 valence electrons. The van der Waals surface area contributed by atoms with E-state index in [2.05, 4.69) is 43.2 Å². The number of amides is 4. The molecule has 2 spiro atoms. The fourth-order valence-corrected chi connectivity index (χ4v) is 14.5. The summed E-state index contributed by atoms with van der Waals surface area (Å²) in [7, 11) is 1.75. The predicted molar refractivity (Wildman–Crippen MR) is 260 cm³/mol. The van der Waals surface area contributed by atoms with Gasteiger partial charge in [-0.3, -0.25) is 38.9 Å². The highest BCUT2D eigenvalue weighted by molar-refractivity contribution is 6.31. The number of imide groups is 1. The Kier molecular flexibility index (Phi) is 12.1. The number of benzene rings is 3. The number of carbonyl (C=O) groups is 4. The van der Waals surface area contributed by atoms with Crippen molar-refractivity contribution in [1.29, 1.82) is 0 Å². The maximum absolute atomic E-state index is 16.4. The van der Waals surface area contributed by atoms with Crippen LogP contribution in [0.1, 0.15) is 131 Å². The maximum Gasteiger partial charge on any atom is 0.329 e. The van der Waals surface area contributed by atoms with Gasteiger partial charge in [-0.2, -0.15) is 0 Å². The second-order valence-corrected chi connectivity index (χ2v) is 21.7. The normalized spacial score (nSPS) is 29.4. The Morgan fingerprint density at radius 3 is 2.16 bits per heavy atom. The number of carbonyl (C=O) groups excluding carboxylic acids is 4. The van der Waals surface area contributed by atoms with Gasteiger partial charge in [0, 0.05) is 66.9 Å². The second kappa shape index (κ2) is 18.0. The van der Waals surface area contributed by atoms with Crippen molar-refractivity contribution in [2.45, 2.75) is 149 Å². The van der Waals surface area contributed by atoms with Gasteiger partial charge in [-0.15, -0.1) is 0 Å². The Morgan fingerprint density at radius 2 is 1.47 bits per heavy atom. The number of aromatic nitrogens is 2. The summed E-state index contributed by atoms with van der Waals surface area (Å²) in [6, 6.07) is 16.0. The average molecular weight is 968 g/mol. The van der Waals surface area contributed by atoms with Crippen LogP contribution in [0.5, 0.6) is 0 Å². The van der Waals surface area contributed by atoms with Gasteiger partial charge in [0.2, 0.25) is 23.6 Å². The van der Waals surface area contributed by atoms with Crippen LogP contribution < -0.4 is 27.0 Å². The molecule has 7 aliphatic rings. The Bertz CT molecular complexity index is 2730. The first-order chi connectivity index (χ1) is 32.9. The number of piperidine rings is 3. The summed E-state index contributed by atoms with van der Waals surface area (Å²) in [6.07, 6.45) is 13.1. The molecule has 2 aliphatic carbocycles. The van der Waals surface area contributed by atoms with Crippen molar-refractivity contribution in [2.75, 3.05) is 31.5 Å². The molecule has 11 rings (SSSR count). The van der Waals surface area contributed by atoms with Crippen molar-refractivity contribution >= 4 is 63.6 Å². The lowest BCUT2D eigenvalue weighted by atomic mass is 9.55. The zero-order chi connectivity index (χ0) is 47.1. The number of halogens is 3. The molecule has 4 N–H and O–H groups in total. The fourth-order valence-electron chi connectivity index (χ4n) is 14.2. The number of anilines is 1. The predicted octanol–water partition coefficient (Wildman–Crippen LogP) is 7.18. The van der Waals surface area contributed by atoms with Gasteiger partial charge < -0.3 is 20.4 Å². The van der Waals surface area contributed by atoms with Crippen LogP contribution in [0, 0.1) is 5.82 Å². The SMILES string of the molecule is Cn1c(=O)n(C2CCC(=O)NC2=O)c2ccc(C3CCN(C4CCC(N5CCC(NC(=O)[C@@H]6NC7(CCCCC7)[C@@]7(C(=O)Nc8cc(Cl)ccc87)[C@H]6c6cccc(Cl)c6F)CC5)CC4)CC3)cc21. The largest absolute Gasteiger partial charge is 0.352 e. The van der Waals surface area contributed by atoms with Crippen LogP contribution in [-0.4, -0.2) is 98.4 Å². The maximum atomic E-state index is 16.4. The van der Waals surface area contributed by atoms with E-state index in [1.165, 1.54) is 11.6 Å². The highest BCUT2D eigenvalue weighted by atomic mass is 35.5. The minimum atomic E-state index is -1.26. The third-order valence-electron chi connectivity index (χ3n) is 17.5. The molecule has 2 saturated carbocycles. The average Bonchev–Trinajstić information content (AvgIpc) is 3.90. The molecule has 6 fully saturated rings. The van der Waals surface area contributed by atoms with Crippen LogP contribution in [0.4, 0.5) is 10.1 Å². The van der Waals surface area contributed by atoms with Crippen LogP contribution in [0.15, 0.2) is 59.4 Å². The van der Waals surface area contributed by atoms with Crippen molar-refractivity contribution < 1.29 is 23.6 Å². The Morgan fingerprint density at radius 1 is 0.779 bits per heavy atom. The van der Waals surface area contributed by atoms with Gasteiger partial charge in [-0.05, 0) is 137 Å². The molecule has 13 nitrogen and oxygen atoms in total. The van der Waals surface area contributed by atoms with Crippen molar-refractivity contribution in [1.82, 2.24) is 34.9 Å². The molecule has 1 unspecified atom stereocenters. The highest BCUT2D eigenvalue weighted by Crippen LogP contribution is 2.63. The van der Waals surface area contributed by atoms with Gasteiger partial charge in [0.1, 0.15) is 17.3 Å². The highest BCUT2D eigenvalue weighted by Gasteiger charge is 2.72. The smallest absolute Gasteiger partial charge is 0.329 e. The molecule has 68 heavy (non-hydrogen) atoms. The van der Waals surface area contributed by atoms with Gasteiger partial charge in [-0.1, -0.05) is 66.7 Å². The minimum absolute atomic E-state index is 0.0365. The van der Waals surface area contributed by atoms with E-state index in [1.54, 1.807) is 40.4 Å². The molecule has 5 aliphatic heterocycles. The van der Waals surface area contributed by atoms with Crippen molar-refractivity contribution in [2.24, 2.45) is 7.05 Å². The second-order valence-electron chi connectivity index (χ2n) is 20.9. The molecule has 4 atom stereocenters. The quantitative estimate of drug-likeness (QED) is 0.142. The number of hydrogen-bond acceptors (Lipinski definition) is 8. The van der Waals surface area contributed by atoms with Gasteiger partial charge in [0.25, 0.3) is 0 Å². The number of hydrogen-bond donors (Lipinski definition) is 4. The third-order valence-corrected chi connectivity index (χ3v) is 18.0. The standard InChI is InChI=1S/C52H61Cl2FN8O5/c1-60-42-28-31(8-15-40(42)63(50(60)68)41-16-17-43(64)58-47(41)65)30-18-24-61(25-19-30)34-10-12-35(13-11-34)62-26-20-33(21-27-62)56-48(66)46-44(36-6-5-7-38(54)45(36)55)52(51(59-46)22-3-2-4-23-51)37-14-9-32(53)29-39(37)57-49(52)67/h5-9,14-15,28-30,33-35,41,44,46,59H,2-4,10-13,16-27H2,1H3,(H,56,66)(H,57,67)(H,58,64,65)/t34?,35?,41?,44-,46+,52+/m0/s1. The van der Waals surface area contributed by atoms with E-state index < -0.39 is 40.7 Å². The molecular weight excluding hydrogens is 907 g/mol. The van der Waals surface area contributed by atoms with Crippen LogP contribution in [0.3, 0.4) is 0 Å². The summed E-state index contributed by atoms with van der Waals surface area (Å²) < 4.78 is 19.6. The van der Waals surface area contributed by atoms with E-state index >= 15 is 4.39 Å². The Hall–Kier alpha value is -4.60. The number of imidazole rings is 1. The lowest BCUT2D eigenvalue weighted by Gasteiger charge is -2.47.